The van der Waals surface area contributed by atoms with Gasteiger partial charge < -0.3 is 58.0 Å². The maximum atomic E-state index is 12.0. The average molecular weight is 819 g/mol. The van der Waals surface area contributed by atoms with E-state index in [0.29, 0.717) is 40.4 Å². The molecule has 2 aromatic rings. The summed E-state index contributed by atoms with van der Waals surface area (Å²) in [4.78, 5) is 47.3. The monoisotopic (exact) mass is 818 g/mol. The van der Waals surface area contributed by atoms with E-state index >= 15 is 0 Å². The van der Waals surface area contributed by atoms with Crippen LogP contribution in [0.2, 0.25) is 0 Å². The molecule has 2 amide bonds. The highest BCUT2D eigenvalue weighted by atomic mass is 32.2. The molecule has 0 bridgehead atoms. The second kappa shape index (κ2) is 27.1. The van der Waals surface area contributed by atoms with Crippen LogP contribution in [-0.4, -0.2) is 95.5 Å². The number of carbonyl (C=O) groups excluding carboxylic acids is 4. The molecular formula is C37H58N2O14S2. The number of alkyl carbamates (subject to hydrolysis) is 2. The van der Waals surface area contributed by atoms with Gasteiger partial charge in [0.2, 0.25) is 0 Å². The molecule has 4 atom stereocenters. The fraction of sp³-hybridized carbons (Fsp3) is 0.568. The Bertz CT molecular complexity index is 1400. The van der Waals surface area contributed by atoms with Gasteiger partial charge >= 0.3 is 24.1 Å². The molecule has 55 heavy (non-hydrogen) atoms. The minimum Gasteiger partial charge on any atom is -0.444 e. The first-order valence-corrected chi connectivity index (χ1v) is 19.1. The van der Waals surface area contributed by atoms with Crippen LogP contribution >= 0.6 is 24.1 Å². The van der Waals surface area contributed by atoms with Gasteiger partial charge in [0, 0.05) is 25.7 Å². The molecule has 2 rings (SSSR count). The molecule has 0 aliphatic heterocycles. The maximum Gasteiger partial charge on any atom is 0.408 e. The maximum absolute atomic E-state index is 12.0. The van der Waals surface area contributed by atoms with Crippen LogP contribution < -0.4 is 20.1 Å². The van der Waals surface area contributed by atoms with Gasteiger partial charge in [0.1, 0.15) is 34.8 Å². The lowest BCUT2D eigenvalue weighted by Gasteiger charge is -2.26. The largest absolute Gasteiger partial charge is 0.444 e. The van der Waals surface area contributed by atoms with Crippen molar-refractivity contribution in [2.45, 2.75) is 104 Å². The Labute approximate surface area is 332 Å². The molecule has 0 spiro atoms. The lowest BCUT2D eigenvalue weighted by Crippen LogP contribution is -2.40. The molecule has 4 unspecified atom stereocenters. The lowest BCUT2D eigenvalue weighted by atomic mass is 10.1. The van der Waals surface area contributed by atoms with Crippen LogP contribution in [0.15, 0.2) is 48.5 Å². The van der Waals surface area contributed by atoms with E-state index in [1.807, 2.05) is 13.8 Å². The van der Waals surface area contributed by atoms with Crippen LogP contribution in [0, 0.1) is 0 Å². The average Bonchev–Trinajstić information content (AvgIpc) is 3.12. The van der Waals surface area contributed by atoms with Crippen molar-refractivity contribution in [3.8, 4) is 11.5 Å². The number of carbonyl (C=O) groups is 4. The quantitative estimate of drug-likeness (QED) is 0.0376. The second-order valence-corrected chi connectivity index (χ2v) is 14.6. The Hall–Kier alpha value is -3.62. The van der Waals surface area contributed by atoms with Gasteiger partial charge in [0.15, 0.2) is 12.6 Å². The van der Waals surface area contributed by atoms with E-state index in [2.05, 4.69) is 10.6 Å². The lowest BCUT2D eigenvalue weighted by molar-refractivity contribution is -0.134. The standard InChI is InChI=1S/C18H27NO7S.C17H25NO7S.C2H6/c1-18(2,3)26-17(22)19-15(16(21)23-4)12-6-8-13(9-7-12)25-14(20)10-11-27-24-5;1-17(2,3)25-16(21)18-14(15(20)23-4)11-5-7-12(8-6-11)24-13(19)9-10-26-22;1-2/h6-9,15-16,21H,10-11H2,1-5H3,(H,19,22);5-8,14-15,20,22H,9-10H2,1-4H3,(H,18,21);1-2H3. The summed E-state index contributed by atoms with van der Waals surface area (Å²) < 4.78 is 44.0. The Kier molecular flexibility index (Phi) is 25.3. The predicted octanol–water partition coefficient (Wildman–Crippen LogP) is 6.55. The van der Waals surface area contributed by atoms with Crippen molar-refractivity contribution in [2.24, 2.45) is 0 Å². The smallest absolute Gasteiger partial charge is 0.408 e. The zero-order chi connectivity index (χ0) is 42.2. The topological polar surface area (TPSA) is 218 Å². The number of hydrogen-bond acceptors (Lipinski definition) is 16. The van der Waals surface area contributed by atoms with Gasteiger partial charge in [-0.3, -0.25) is 9.59 Å². The highest BCUT2D eigenvalue weighted by Gasteiger charge is 2.27. The van der Waals surface area contributed by atoms with Crippen LogP contribution in [0.4, 0.5) is 9.59 Å². The van der Waals surface area contributed by atoms with Crippen molar-refractivity contribution in [3.63, 3.8) is 0 Å². The van der Waals surface area contributed by atoms with Gasteiger partial charge in [-0.05, 0) is 101 Å². The Morgan fingerprint density at radius 2 is 0.982 bits per heavy atom. The molecule has 0 aliphatic rings. The number of rotatable bonds is 17. The zero-order valence-corrected chi connectivity index (χ0v) is 35.0. The first-order valence-electron chi connectivity index (χ1n) is 17.3. The number of aliphatic hydroxyl groups excluding tert-OH is 2. The first kappa shape index (κ1) is 51.4. The second-order valence-electron chi connectivity index (χ2n) is 12.9. The van der Waals surface area contributed by atoms with E-state index in [9.17, 15) is 29.4 Å². The third-order valence-corrected chi connectivity index (χ3v) is 7.24. The molecule has 0 radical (unpaired) electrons. The number of esters is 2. The van der Waals surface area contributed by atoms with Crippen LogP contribution in [-0.2, 0) is 32.7 Å². The zero-order valence-electron chi connectivity index (χ0n) is 33.4. The van der Waals surface area contributed by atoms with E-state index < -0.39 is 54.0 Å². The molecular weight excluding hydrogens is 761 g/mol. The molecule has 2 aromatic carbocycles. The number of hydrogen-bond donors (Lipinski definition) is 5. The normalized spacial score (nSPS) is 13.2. The van der Waals surface area contributed by atoms with Gasteiger partial charge in [-0.15, -0.1) is 0 Å². The molecule has 312 valence electrons. The van der Waals surface area contributed by atoms with Crippen molar-refractivity contribution < 1.29 is 66.5 Å². The number of methoxy groups -OCH3 is 2. The molecule has 0 saturated heterocycles. The van der Waals surface area contributed by atoms with Gasteiger partial charge in [-0.25, -0.2) is 9.59 Å². The van der Waals surface area contributed by atoms with Gasteiger partial charge in [0.25, 0.3) is 0 Å². The number of amides is 2. The van der Waals surface area contributed by atoms with Gasteiger partial charge in [-0.1, -0.05) is 38.1 Å². The van der Waals surface area contributed by atoms with Crippen LogP contribution in [0.1, 0.15) is 91.4 Å². The predicted molar refractivity (Wildman–Crippen MR) is 210 cm³/mol. The minimum atomic E-state index is -1.29. The molecule has 0 aromatic heterocycles. The number of ether oxygens (including phenoxy) is 6. The minimum absolute atomic E-state index is 0.0775. The molecule has 0 saturated carbocycles. The van der Waals surface area contributed by atoms with Crippen molar-refractivity contribution in [3.05, 3.63) is 59.7 Å². The molecule has 5 N–H and O–H groups in total. The molecule has 16 nitrogen and oxygen atoms in total. The molecule has 18 heteroatoms. The van der Waals surface area contributed by atoms with E-state index in [0.717, 1.165) is 0 Å². The van der Waals surface area contributed by atoms with Gasteiger partial charge in [-0.2, -0.15) is 0 Å². The molecule has 0 fully saturated rings. The molecule has 0 aliphatic carbocycles. The number of benzene rings is 2. The van der Waals surface area contributed by atoms with Crippen LogP contribution in [0.3, 0.4) is 0 Å². The summed E-state index contributed by atoms with van der Waals surface area (Å²) in [5.74, 6) is 0.555. The van der Waals surface area contributed by atoms with Crippen molar-refractivity contribution in [2.75, 3.05) is 32.8 Å². The Morgan fingerprint density at radius 1 is 0.636 bits per heavy atom. The van der Waals surface area contributed by atoms with E-state index in [-0.39, 0.29) is 24.6 Å². The Balaban J connectivity index is 0.00000102. The van der Waals surface area contributed by atoms with Gasteiger partial charge in [0.05, 0.1) is 20.0 Å². The van der Waals surface area contributed by atoms with Crippen molar-refractivity contribution >= 4 is 48.2 Å². The number of nitrogens with one attached hydrogen (secondary N) is 2. The number of aliphatic hydroxyl groups is 2. The summed E-state index contributed by atoms with van der Waals surface area (Å²) in [6.45, 7) is 14.4. The molecule has 0 heterocycles. The third kappa shape index (κ3) is 23.1. The fourth-order valence-corrected chi connectivity index (χ4v) is 4.64. The summed E-state index contributed by atoms with van der Waals surface area (Å²) in [5.41, 5.74) is -0.260. The third-order valence-electron chi connectivity index (χ3n) is 6.24. The van der Waals surface area contributed by atoms with Crippen LogP contribution in [0.5, 0.6) is 11.5 Å². The summed E-state index contributed by atoms with van der Waals surface area (Å²) >= 11 is 1.74. The van der Waals surface area contributed by atoms with Crippen LogP contribution in [0.25, 0.3) is 0 Å². The summed E-state index contributed by atoms with van der Waals surface area (Å²) in [6.07, 6.45) is -3.67. The SMILES string of the molecule is CC.COC(O)C(NC(=O)OC(C)(C)C)c1ccc(OC(=O)CCSO)cc1.COSCCC(=O)Oc1ccc(C(NC(=O)OC(C)(C)C)C(O)OC)cc1. The summed E-state index contributed by atoms with van der Waals surface area (Å²) in [7, 11) is 4.16. The first-order chi connectivity index (χ1) is 25.8. The highest BCUT2D eigenvalue weighted by Crippen LogP contribution is 2.24. The van der Waals surface area contributed by atoms with Crippen molar-refractivity contribution in [1.29, 1.82) is 0 Å². The Morgan fingerprint density at radius 3 is 1.27 bits per heavy atom. The fourth-order valence-electron chi connectivity index (χ4n) is 3.97. The summed E-state index contributed by atoms with van der Waals surface area (Å²) in [6, 6.07) is 10.9. The summed E-state index contributed by atoms with van der Waals surface area (Å²) in [5, 5.41) is 25.2. The van der Waals surface area contributed by atoms with Crippen molar-refractivity contribution in [1.82, 2.24) is 10.6 Å². The highest BCUT2D eigenvalue weighted by molar-refractivity contribution is 7.94. The van der Waals surface area contributed by atoms with E-state index in [1.165, 1.54) is 45.5 Å². The van der Waals surface area contributed by atoms with E-state index in [4.69, 9.17) is 37.2 Å². The van der Waals surface area contributed by atoms with E-state index in [1.54, 1.807) is 77.9 Å².